The van der Waals surface area contributed by atoms with E-state index in [4.69, 9.17) is 14.2 Å². The van der Waals surface area contributed by atoms with Crippen LogP contribution in [0.2, 0.25) is 0 Å². The van der Waals surface area contributed by atoms with Gasteiger partial charge in [-0.15, -0.1) is 0 Å². The number of nitrogens with zero attached hydrogens (tertiary/aromatic N) is 3. The number of hydrogen-bond donors (Lipinski definition) is 0. The highest BCUT2D eigenvalue weighted by Crippen LogP contribution is 2.27. The summed E-state index contributed by atoms with van der Waals surface area (Å²) in [7, 11) is 6.54. The standard InChI is InChI=1S/C14H17N3O4S2/c1-17(2)14(18)22-12-15-13(23-16-12)21-8-9-7-10(19-3)5-6-11(9)20-4/h5-7H,8H2,1-4H3. The Kier molecular flexibility index (Phi) is 6.05. The lowest BCUT2D eigenvalue weighted by molar-refractivity contribution is 0.241. The predicted octanol–water partition coefficient (Wildman–Crippen LogP) is 2.91. The first-order valence-electron chi connectivity index (χ1n) is 6.60. The van der Waals surface area contributed by atoms with Crippen LogP contribution in [0.4, 0.5) is 4.79 Å². The summed E-state index contributed by atoms with van der Waals surface area (Å²) in [5.74, 6) is 1.42. The maximum atomic E-state index is 11.6. The first kappa shape index (κ1) is 17.4. The van der Waals surface area contributed by atoms with E-state index in [9.17, 15) is 4.79 Å². The molecule has 0 aliphatic heterocycles. The minimum atomic E-state index is -0.135. The number of ether oxygens (including phenoxy) is 3. The number of thioether (sulfide) groups is 1. The summed E-state index contributed by atoms with van der Waals surface area (Å²) < 4.78 is 20.2. The molecule has 0 N–H and O–H groups in total. The zero-order chi connectivity index (χ0) is 16.8. The maximum Gasteiger partial charge on any atom is 0.294 e. The molecule has 0 aliphatic rings. The molecule has 0 fully saturated rings. The molecule has 1 aromatic heterocycles. The van der Waals surface area contributed by atoms with Crippen molar-refractivity contribution in [2.24, 2.45) is 0 Å². The summed E-state index contributed by atoms with van der Waals surface area (Å²) >= 11 is 2.06. The van der Waals surface area contributed by atoms with E-state index >= 15 is 0 Å². The van der Waals surface area contributed by atoms with Crippen LogP contribution in [0.5, 0.6) is 16.7 Å². The van der Waals surface area contributed by atoms with E-state index in [0.29, 0.717) is 16.1 Å². The third-order valence-corrected chi connectivity index (χ3v) is 4.42. The van der Waals surface area contributed by atoms with E-state index in [2.05, 4.69) is 9.36 Å². The van der Waals surface area contributed by atoms with Crippen molar-refractivity contribution in [2.45, 2.75) is 11.8 Å². The van der Waals surface area contributed by atoms with Gasteiger partial charge in [-0.25, -0.2) is 0 Å². The van der Waals surface area contributed by atoms with Gasteiger partial charge in [0.05, 0.1) is 14.2 Å². The van der Waals surface area contributed by atoms with E-state index in [-0.39, 0.29) is 11.8 Å². The summed E-state index contributed by atoms with van der Waals surface area (Å²) in [4.78, 5) is 17.2. The lowest BCUT2D eigenvalue weighted by Gasteiger charge is -2.10. The summed E-state index contributed by atoms with van der Waals surface area (Å²) in [6.07, 6.45) is 0. The van der Waals surface area contributed by atoms with Gasteiger partial charge in [0.15, 0.2) is 0 Å². The van der Waals surface area contributed by atoms with Crippen LogP contribution in [0.3, 0.4) is 0 Å². The van der Waals surface area contributed by atoms with Crippen LogP contribution in [0, 0.1) is 0 Å². The Bertz CT molecular complexity index is 676. The number of carbonyl (C=O) groups is 1. The first-order chi connectivity index (χ1) is 11.0. The van der Waals surface area contributed by atoms with Gasteiger partial charge in [-0.1, -0.05) is 0 Å². The normalized spacial score (nSPS) is 10.3. The van der Waals surface area contributed by atoms with Gasteiger partial charge in [0.2, 0.25) is 5.16 Å². The number of hydrogen-bond acceptors (Lipinski definition) is 8. The molecule has 7 nitrogen and oxygen atoms in total. The molecule has 1 amide bonds. The van der Waals surface area contributed by atoms with Crippen LogP contribution in [0.25, 0.3) is 0 Å². The van der Waals surface area contributed by atoms with Crippen LogP contribution in [-0.2, 0) is 6.61 Å². The fourth-order valence-electron chi connectivity index (χ4n) is 1.60. The largest absolute Gasteiger partial charge is 0.497 e. The van der Waals surface area contributed by atoms with Crippen molar-refractivity contribution in [1.82, 2.24) is 14.3 Å². The van der Waals surface area contributed by atoms with E-state index in [0.717, 1.165) is 34.6 Å². The molecule has 0 atom stereocenters. The van der Waals surface area contributed by atoms with Crippen molar-refractivity contribution in [2.75, 3.05) is 28.3 Å². The Morgan fingerprint density at radius 3 is 2.74 bits per heavy atom. The van der Waals surface area contributed by atoms with Crippen molar-refractivity contribution < 1.29 is 19.0 Å². The zero-order valence-electron chi connectivity index (χ0n) is 13.2. The van der Waals surface area contributed by atoms with E-state index in [1.807, 2.05) is 18.2 Å². The smallest absolute Gasteiger partial charge is 0.294 e. The van der Waals surface area contributed by atoms with Gasteiger partial charge in [0.25, 0.3) is 10.4 Å². The monoisotopic (exact) mass is 355 g/mol. The Morgan fingerprint density at radius 1 is 1.30 bits per heavy atom. The Morgan fingerprint density at radius 2 is 2.09 bits per heavy atom. The maximum absolute atomic E-state index is 11.6. The topological polar surface area (TPSA) is 73.8 Å². The zero-order valence-corrected chi connectivity index (χ0v) is 14.9. The molecule has 124 valence electrons. The minimum Gasteiger partial charge on any atom is -0.497 e. The molecule has 0 aliphatic carbocycles. The molecule has 2 rings (SSSR count). The summed E-state index contributed by atoms with van der Waals surface area (Å²) in [5.41, 5.74) is 0.834. The van der Waals surface area contributed by atoms with Gasteiger partial charge in [-0.3, -0.25) is 4.79 Å². The lowest BCUT2D eigenvalue weighted by Crippen LogP contribution is -2.16. The number of amides is 1. The number of aromatic nitrogens is 2. The predicted molar refractivity (Wildman–Crippen MR) is 88.7 cm³/mol. The number of carbonyl (C=O) groups excluding carboxylic acids is 1. The van der Waals surface area contributed by atoms with Gasteiger partial charge in [-0.2, -0.15) is 9.36 Å². The fraction of sp³-hybridized carbons (Fsp3) is 0.357. The molecule has 1 aromatic carbocycles. The highest BCUT2D eigenvalue weighted by atomic mass is 32.2. The molecule has 0 spiro atoms. The summed E-state index contributed by atoms with van der Waals surface area (Å²) in [5, 5.41) is 0.633. The summed E-state index contributed by atoms with van der Waals surface area (Å²) in [6.45, 7) is 0.265. The third-order valence-electron chi connectivity index (χ3n) is 2.77. The number of benzene rings is 1. The molecule has 0 radical (unpaired) electrons. The SMILES string of the molecule is COc1ccc(OC)c(COc2nc(SC(=O)N(C)C)ns2)c1. The molecule has 0 saturated heterocycles. The van der Waals surface area contributed by atoms with E-state index < -0.39 is 0 Å². The molecular weight excluding hydrogens is 338 g/mol. The van der Waals surface area contributed by atoms with Gasteiger partial charge in [0, 0.05) is 43.0 Å². The second-order valence-electron chi connectivity index (χ2n) is 4.57. The summed E-state index contributed by atoms with van der Waals surface area (Å²) in [6, 6.07) is 5.47. The highest BCUT2D eigenvalue weighted by molar-refractivity contribution is 8.13. The van der Waals surface area contributed by atoms with Crippen LogP contribution in [-0.4, -0.2) is 47.8 Å². The van der Waals surface area contributed by atoms with Gasteiger partial charge >= 0.3 is 0 Å². The van der Waals surface area contributed by atoms with E-state index in [1.165, 1.54) is 4.90 Å². The minimum absolute atomic E-state index is 0.135. The van der Waals surface area contributed by atoms with Crippen LogP contribution in [0.15, 0.2) is 23.4 Å². The number of methoxy groups -OCH3 is 2. The van der Waals surface area contributed by atoms with Crippen molar-refractivity contribution in [3.05, 3.63) is 23.8 Å². The van der Waals surface area contributed by atoms with Crippen LogP contribution < -0.4 is 14.2 Å². The second kappa shape index (κ2) is 8.02. The second-order valence-corrected chi connectivity index (χ2v) is 6.20. The van der Waals surface area contributed by atoms with E-state index in [1.54, 1.807) is 28.3 Å². The van der Waals surface area contributed by atoms with Crippen molar-refractivity contribution in [3.63, 3.8) is 0 Å². The van der Waals surface area contributed by atoms with Crippen LogP contribution >= 0.6 is 23.3 Å². The van der Waals surface area contributed by atoms with Gasteiger partial charge in [0.1, 0.15) is 18.1 Å². The molecular formula is C14H17N3O4S2. The lowest BCUT2D eigenvalue weighted by atomic mass is 10.2. The average molecular weight is 355 g/mol. The van der Waals surface area contributed by atoms with Gasteiger partial charge in [-0.05, 0) is 18.2 Å². The average Bonchev–Trinajstić information content (AvgIpc) is 2.99. The molecule has 1 heterocycles. The fourth-order valence-corrected chi connectivity index (χ4v) is 2.82. The highest BCUT2D eigenvalue weighted by Gasteiger charge is 2.13. The van der Waals surface area contributed by atoms with Crippen molar-refractivity contribution in [1.29, 1.82) is 0 Å². The molecule has 0 saturated carbocycles. The Hall–Kier alpha value is -2.00. The number of rotatable bonds is 6. The molecule has 2 aromatic rings. The van der Waals surface area contributed by atoms with Crippen molar-refractivity contribution >= 4 is 28.5 Å². The Labute approximate surface area is 142 Å². The third kappa shape index (κ3) is 4.73. The Balaban J connectivity index is 2.01. The van der Waals surface area contributed by atoms with Crippen molar-refractivity contribution in [3.8, 4) is 16.7 Å². The van der Waals surface area contributed by atoms with Crippen LogP contribution in [0.1, 0.15) is 5.56 Å². The molecule has 0 bridgehead atoms. The molecule has 23 heavy (non-hydrogen) atoms. The quantitative estimate of drug-likeness (QED) is 0.738. The first-order valence-corrected chi connectivity index (χ1v) is 8.19. The molecule has 0 unspecified atom stereocenters. The van der Waals surface area contributed by atoms with Gasteiger partial charge < -0.3 is 19.1 Å². The molecule has 9 heteroatoms.